The van der Waals surface area contributed by atoms with E-state index in [1.54, 1.807) is 18.2 Å². The molecule has 2 atom stereocenters. The zero-order valence-corrected chi connectivity index (χ0v) is 20.0. The van der Waals surface area contributed by atoms with Gasteiger partial charge in [0, 0.05) is 6.54 Å². The number of aromatic carboxylic acids is 1. The number of benzene rings is 3. The highest BCUT2D eigenvalue weighted by Gasteiger charge is 2.36. The molecule has 2 N–H and O–H groups in total. The number of amides is 1. The molecule has 0 aromatic heterocycles. The van der Waals surface area contributed by atoms with Gasteiger partial charge in [-0.2, -0.15) is 0 Å². The van der Waals surface area contributed by atoms with Crippen molar-refractivity contribution >= 4 is 12.1 Å². The topological polar surface area (TPSA) is 88.1 Å². The normalized spacial score (nSPS) is 21.4. The summed E-state index contributed by atoms with van der Waals surface area (Å²) in [6.07, 6.45) is 1.67. The van der Waals surface area contributed by atoms with Gasteiger partial charge in [-0.25, -0.2) is 9.59 Å². The molecule has 3 saturated heterocycles. The van der Waals surface area contributed by atoms with Gasteiger partial charge in [0.05, 0.1) is 11.6 Å². The maximum absolute atomic E-state index is 13.0. The highest BCUT2D eigenvalue weighted by Crippen LogP contribution is 2.30. The number of carboxylic acids is 1. The molecule has 0 aliphatic carbocycles. The largest absolute Gasteiger partial charge is 0.489 e. The SMILES string of the molecule is O=C(NC(c1ccccc1)c1cccc(OCc2cccc(C(=O)O)c2)c1)OC1CN2CCC1CC2. The number of ether oxygens (including phenoxy) is 2. The Hall–Kier alpha value is -3.84. The third-order valence-electron chi connectivity index (χ3n) is 7.02. The third kappa shape index (κ3) is 5.69. The van der Waals surface area contributed by atoms with Crippen molar-refractivity contribution in [3.63, 3.8) is 0 Å². The number of nitrogens with one attached hydrogen (secondary N) is 1. The Balaban J connectivity index is 1.30. The van der Waals surface area contributed by atoms with Crippen LogP contribution in [0.2, 0.25) is 0 Å². The number of rotatable bonds is 8. The lowest BCUT2D eigenvalue weighted by Gasteiger charge is -2.43. The minimum Gasteiger partial charge on any atom is -0.489 e. The van der Waals surface area contributed by atoms with E-state index in [0.29, 0.717) is 11.7 Å². The number of carboxylic acid groups (broad SMARTS) is 1. The van der Waals surface area contributed by atoms with Gasteiger partial charge in [0.2, 0.25) is 0 Å². The van der Waals surface area contributed by atoms with Gasteiger partial charge in [-0.05, 0) is 72.8 Å². The second-order valence-electron chi connectivity index (χ2n) is 9.44. The zero-order valence-electron chi connectivity index (χ0n) is 20.0. The number of fused-ring (bicyclic) bond motifs is 3. The summed E-state index contributed by atoms with van der Waals surface area (Å²) in [6.45, 7) is 3.22. The van der Waals surface area contributed by atoms with E-state index < -0.39 is 18.1 Å². The molecule has 0 saturated carbocycles. The van der Waals surface area contributed by atoms with Gasteiger partial charge in [-0.15, -0.1) is 0 Å². The molecule has 6 rings (SSSR count). The monoisotopic (exact) mass is 486 g/mol. The summed E-state index contributed by atoms with van der Waals surface area (Å²) in [5.41, 5.74) is 2.79. The van der Waals surface area contributed by atoms with Crippen LogP contribution in [0.25, 0.3) is 0 Å². The average Bonchev–Trinajstić information content (AvgIpc) is 2.92. The van der Waals surface area contributed by atoms with Crippen molar-refractivity contribution in [3.8, 4) is 5.75 Å². The number of hydrogen-bond acceptors (Lipinski definition) is 5. The molecule has 7 nitrogen and oxygen atoms in total. The van der Waals surface area contributed by atoms with Gasteiger partial charge >= 0.3 is 12.1 Å². The molecule has 3 fully saturated rings. The molecule has 3 aromatic rings. The Labute approximate surface area is 210 Å². The zero-order chi connectivity index (χ0) is 24.9. The number of piperidine rings is 3. The van der Waals surface area contributed by atoms with E-state index in [2.05, 4.69) is 10.2 Å². The van der Waals surface area contributed by atoms with E-state index in [9.17, 15) is 14.7 Å². The molecule has 186 valence electrons. The molecule has 2 unspecified atom stereocenters. The lowest BCUT2D eigenvalue weighted by atomic mass is 9.86. The molecule has 0 spiro atoms. The van der Waals surface area contributed by atoms with E-state index in [4.69, 9.17) is 9.47 Å². The van der Waals surface area contributed by atoms with Gasteiger partial charge in [0.1, 0.15) is 18.5 Å². The van der Waals surface area contributed by atoms with Crippen molar-refractivity contribution in [2.24, 2.45) is 5.92 Å². The van der Waals surface area contributed by atoms with Crippen LogP contribution in [0.15, 0.2) is 78.9 Å². The molecular formula is C29H30N2O5. The van der Waals surface area contributed by atoms with Crippen molar-refractivity contribution in [2.45, 2.75) is 31.6 Å². The average molecular weight is 487 g/mol. The van der Waals surface area contributed by atoms with Crippen LogP contribution in [0, 0.1) is 5.92 Å². The summed E-state index contributed by atoms with van der Waals surface area (Å²) in [4.78, 5) is 26.6. The molecule has 1 amide bonds. The van der Waals surface area contributed by atoms with Gasteiger partial charge in [-0.1, -0.05) is 54.6 Å². The smallest absolute Gasteiger partial charge is 0.408 e. The fourth-order valence-electron chi connectivity index (χ4n) is 5.08. The van der Waals surface area contributed by atoms with Crippen LogP contribution in [0.5, 0.6) is 5.75 Å². The summed E-state index contributed by atoms with van der Waals surface area (Å²) in [5.74, 6) is 0.0924. The van der Waals surface area contributed by atoms with Crippen LogP contribution in [0.1, 0.15) is 45.9 Å². The quantitative estimate of drug-likeness (QED) is 0.472. The Kier molecular flexibility index (Phi) is 7.18. The van der Waals surface area contributed by atoms with Crippen LogP contribution in [-0.2, 0) is 11.3 Å². The second kappa shape index (κ2) is 10.8. The van der Waals surface area contributed by atoms with Crippen LogP contribution in [0.4, 0.5) is 4.79 Å². The highest BCUT2D eigenvalue weighted by atomic mass is 16.6. The maximum Gasteiger partial charge on any atom is 0.408 e. The van der Waals surface area contributed by atoms with E-state index in [1.165, 1.54) is 0 Å². The van der Waals surface area contributed by atoms with Crippen molar-refractivity contribution in [3.05, 3.63) is 101 Å². The first kappa shape index (κ1) is 23.9. The predicted molar refractivity (Wildman–Crippen MR) is 135 cm³/mol. The van der Waals surface area contributed by atoms with Crippen LogP contribution >= 0.6 is 0 Å². The van der Waals surface area contributed by atoms with Gasteiger partial charge in [0.25, 0.3) is 0 Å². The molecule has 3 aliphatic heterocycles. The first-order valence-corrected chi connectivity index (χ1v) is 12.3. The standard InChI is InChI=1S/C29H30N2O5/c32-28(33)24-10-4-6-20(16-24)19-35-25-11-5-9-23(17-25)27(22-7-2-1-3-8-22)30-29(34)36-26-18-31-14-12-21(26)13-15-31/h1-11,16-17,21,26-27H,12-15,18-19H2,(H,30,34)(H,32,33). The lowest BCUT2D eigenvalue weighted by Crippen LogP contribution is -2.52. The summed E-state index contributed by atoms with van der Waals surface area (Å²) < 4.78 is 11.9. The Morgan fingerprint density at radius 1 is 0.944 bits per heavy atom. The van der Waals surface area contributed by atoms with Crippen molar-refractivity contribution in [1.29, 1.82) is 0 Å². The summed E-state index contributed by atoms with van der Waals surface area (Å²) in [6, 6.07) is 23.6. The Morgan fingerprint density at radius 3 is 2.42 bits per heavy atom. The second-order valence-corrected chi connectivity index (χ2v) is 9.44. The summed E-state index contributed by atoms with van der Waals surface area (Å²) >= 11 is 0. The molecule has 2 bridgehead atoms. The van der Waals surface area contributed by atoms with Crippen molar-refractivity contribution < 1.29 is 24.2 Å². The number of hydrogen-bond donors (Lipinski definition) is 2. The minimum absolute atomic E-state index is 0.0693. The molecular weight excluding hydrogens is 456 g/mol. The predicted octanol–water partition coefficient (Wildman–Crippen LogP) is 4.87. The molecule has 36 heavy (non-hydrogen) atoms. The summed E-state index contributed by atoms with van der Waals surface area (Å²) in [7, 11) is 0. The molecule has 3 aromatic carbocycles. The first-order chi connectivity index (χ1) is 17.5. The van der Waals surface area contributed by atoms with E-state index in [-0.39, 0.29) is 18.3 Å². The van der Waals surface area contributed by atoms with Crippen molar-refractivity contribution in [1.82, 2.24) is 10.2 Å². The van der Waals surface area contributed by atoms with E-state index in [0.717, 1.165) is 49.2 Å². The maximum atomic E-state index is 13.0. The highest BCUT2D eigenvalue weighted by molar-refractivity contribution is 5.87. The third-order valence-corrected chi connectivity index (χ3v) is 7.02. The van der Waals surface area contributed by atoms with E-state index in [1.807, 2.05) is 60.7 Å². The summed E-state index contributed by atoms with van der Waals surface area (Å²) in [5, 5.41) is 12.3. The number of carbonyl (C=O) groups is 2. The molecule has 0 radical (unpaired) electrons. The van der Waals surface area contributed by atoms with Gasteiger partial charge in [-0.3, -0.25) is 4.90 Å². The molecule has 3 aliphatic rings. The van der Waals surface area contributed by atoms with Gasteiger partial charge in [0.15, 0.2) is 0 Å². The van der Waals surface area contributed by atoms with Crippen molar-refractivity contribution in [2.75, 3.05) is 19.6 Å². The Morgan fingerprint density at radius 2 is 1.69 bits per heavy atom. The van der Waals surface area contributed by atoms with Crippen LogP contribution in [-0.4, -0.2) is 47.8 Å². The number of carbonyl (C=O) groups excluding carboxylic acids is 1. The van der Waals surface area contributed by atoms with Crippen LogP contribution < -0.4 is 10.1 Å². The number of alkyl carbamates (subject to hydrolysis) is 1. The number of nitrogens with zero attached hydrogens (tertiary/aromatic N) is 1. The molecule has 7 heteroatoms. The van der Waals surface area contributed by atoms with E-state index >= 15 is 0 Å². The lowest BCUT2D eigenvalue weighted by molar-refractivity contribution is -0.0336. The molecule has 3 heterocycles. The Bertz CT molecular complexity index is 1210. The van der Waals surface area contributed by atoms with Gasteiger partial charge < -0.3 is 19.9 Å². The van der Waals surface area contributed by atoms with Crippen LogP contribution in [0.3, 0.4) is 0 Å². The first-order valence-electron chi connectivity index (χ1n) is 12.3. The minimum atomic E-state index is -0.972. The fourth-order valence-corrected chi connectivity index (χ4v) is 5.08. The fraction of sp³-hybridized carbons (Fsp3) is 0.310.